The minimum Gasteiger partial charge on any atom is -0.478 e. The molecule has 1 aliphatic rings. The van der Waals surface area contributed by atoms with Gasteiger partial charge in [0.2, 0.25) is 0 Å². The summed E-state index contributed by atoms with van der Waals surface area (Å²) in [7, 11) is 0. The fourth-order valence-electron chi connectivity index (χ4n) is 2.63. The molecule has 6 nitrogen and oxygen atoms in total. The number of carbonyl (C=O) groups excluding carboxylic acids is 1. The van der Waals surface area contributed by atoms with Gasteiger partial charge >= 0.3 is 5.97 Å². The van der Waals surface area contributed by atoms with E-state index in [-0.39, 0.29) is 23.2 Å². The predicted octanol–water partition coefficient (Wildman–Crippen LogP) is 1.30. The number of carboxylic acid groups (broad SMARTS) is 1. The number of hydrogen-bond donors (Lipinski definition) is 2. The molecule has 21 heavy (non-hydrogen) atoms. The van der Waals surface area contributed by atoms with Crippen molar-refractivity contribution >= 4 is 11.9 Å². The van der Waals surface area contributed by atoms with E-state index in [0.717, 1.165) is 32.5 Å². The number of carboxylic acids is 1. The molecule has 0 radical (unpaired) electrons. The van der Waals surface area contributed by atoms with E-state index in [2.05, 4.69) is 22.1 Å². The third-order valence-electron chi connectivity index (χ3n) is 3.84. The molecule has 1 atom stereocenters. The second-order valence-electron chi connectivity index (χ2n) is 5.34. The van der Waals surface area contributed by atoms with Gasteiger partial charge in [0.25, 0.3) is 5.91 Å². The molecule has 114 valence electrons. The first-order chi connectivity index (χ1) is 10.0. The summed E-state index contributed by atoms with van der Waals surface area (Å²) in [5.74, 6) is -1.27. The zero-order chi connectivity index (χ0) is 15.4. The van der Waals surface area contributed by atoms with E-state index in [4.69, 9.17) is 5.11 Å². The number of carbonyl (C=O) groups is 2. The number of likely N-dealkylation sites (tertiary alicyclic amines) is 1. The van der Waals surface area contributed by atoms with E-state index in [1.165, 1.54) is 12.1 Å². The van der Waals surface area contributed by atoms with Crippen molar-refractivity contribution in [2.24, 2.45) is 0 Å². The Labute approximate surface area is 124 Å². The molecule has 1 aromatic heterocycles. The van der Waals surface area contributed by atoms with Crippen LogP contribution in [0.15, 0.2) is 12.1 Å². The van der Waals surface area contributed by atoms with Gasteiger partial charge in [-0.3, -0.25) is 4.79 Å². The Hall–Kier alpha value is -1.95. The van der Waals surface area contributed by atoms with Crippen LogP contribution in [0.3, 0.4) is 0 Å². The molecule has 0 bridgehead atoms. The minimum atomic E-state index is -1.03. The lowest BCUT2D eigenvalue weighted by Crippen LogP contribution is -2.47. The van der Waals surface area contributed by atoms with Crippen LogP contribution in [-0.2, 0) is 0 Å². The number of aromatic nitrogens is 1. The third-order valence-corrected chi connectivity index (χ3v) is 3.84. The molecule has 0 aromatic carbocycles. The summed E-state index contributed by atoms with van der Waals surface area (Å²) in [5.41, 5.74) is 0.751. The lowest BCUT2D eigenvalue weighted by Gasteiger charge is -2.32. The lowest BCUT2D eigenvalue weighted by molar-refractivity contribution is 0.0694. The highest BCUT2D eigenvalue weighted by Crippen LogP contribution is 2.11. The zero-order valence-corrected chi connectivity index (χ0v) is 12.4. The van der Waals surface area contributed by atoms with Gasteiger partial charge in [-0.2, -0.15) is 0 Å². The van der Waals surface area contributed by atoms with Crippen LogP contribution in [0.25, 0.3) is 0 Å². The number of likely N-dealkylation sites (N-methyl/N-ethyl adjacent to an activating group) is 1. The smallest absolute Gasteiger partial charge is 0.337 e. The van der Waals surface area contributed by atoms with Gasteiger partial charge in [-0.1, -0.05) is 6.92 Å². The highest BCUT2D eigenvalue weighted by Gasteiger charge is 2.21. The van der Waals surface area contributed by atoms with Gasteiger partial charge < -0.3 is 15.3 Å². The molecule has 0 saturated carbocycles. The maximum atomic E-state index is 12.2. The Morgan fingerprint density at radius 1 is 1.48 bits per heavy atom. The first-order valence-corrected chi connectivity index (χ1v) is 7.25. The molecule has 2 heterocycles. The quantitative estimate of drug-likeness (QED) is 0.874. The number of piperidine rings is 1. The van der Waals surface area contributed by atoms with E-state index in [0.29, 0.717) is 5.69 Å². The summed E-state index contributed by atoms with van der Waals surface area (Å²) >= 11 is 0. The van der Waals surface area contributed by atoms with Crippen LogP contribution in [0.5, 0.6) is 0 Å². The summed E-state index contributed by atoms with van der Waals surface area (Å²) in [5, 5.41) is 12.0. The van der Waals surface area contributed by atoms with E-state index in [1.54, 1.807) is 6.92 Å². The van der Waals surface area contributed by atoms with Crippen LogP contribution >= 0.6 is 0 Å². The summed E-state index contributed by atoms with van der Waals surface area (Å²) in [6.07, 6.45) is 2.04. The third kappa shape index (κ3) is 3.78. The maximum Gasteiger partial charge on any atom is 0.337 e. The van der Waals surface area contributed by atoms with E-state index in [9.17, 15) is 9.59 Å². The van der Waals surface area contributed by atoms with E-state index in [1.807, 2.05) is 0 Å². The highest BCUT2D eigenvalue weighted by atomic mass is 16.4. The Balaban J connectivity index is 2.03. The molecule has 2 N–H and O–H groups in total. The Bertz CT molecular complexity index is 545. The van der Waals surface area contributed by atoms with Gasteiger partial charge in [0, 0.05) is 12.6 Å². The van der Waals surface area contributed by atoms with Crippen LogP contribution in [0.2, 0.25) is 0 Å². The number of rotatable bonds is 4. The normalized spacial score (nSPS) is 19.2. The van der Waals surface area contributed by atoms with Crippen LogP contribution in [-0.4, -0.2) is 52.5 Å². The first-order valence-electron chi connectivity index (χ1n) is 7.25. The molecule has 6 heteroatoms. The SMILES string of the molecule is CCN1CCCC(NC(=O)c2ccc(C(=O)O)c(C)n2)C1. The summed E-state index contributed by atoms with van der Waals surface area (Å²) in [6, 6.07) is 3.03. The number of hydrogen-bond acceptors (Lipinski definition) is 4. The van der Waals surface area contributed by atoms with Gasteiger partial charge in [0.05, 0.1) is 11.3 Å². The monoisotopic (exact) mass is 291 g/mol. The standard InChI is InChI=1S/C15H21N3O3/c1-3-18-8-4-5-11(9-18)17-14(19)13-7-6-12(15(20)21)10(2)16-13/h6-7,11H,3-5,8-9H2,1-2H3,(H,17,19)(H,20,21). The first kappa shape index (κ1) is 15.4. The van der Waals surface area contributed by atoms with Crippen molar-refractivity contribution in [2.45, 2.75) is 32.7 Å². The molecule has 2 rings (SSSR count). The summed E-state index contributed by atoms with van der Waals surface area (Å²) in [4.78, 5) is 29.5. The van der Waals surface area contributed by atoms with Crippen molar-refractivity contribution < 1.29 is 14.7 Å². The van der Waals surface area contributed by atoms with Crippen LogP contribution in [0, 0.1) is 6.92 Å². The average Bonchev–Trinajstić information content (AvgIpc) is 2.46. The molecular formula is C15H21N3O3. The largest absolute Gasteiger partial charge is 0.478 e. The van der Waals surface area contributed by atoms with Crippen LogP contribution < -0.4 is 5.32 Å². The van der Waals surface area contributed by atoms with Crippen molar-refractivity contribution in [2.75, 3.05) is 19.6 Å². The van der Waals surface area contributed by atoms with Crippen LogP contribution in [0.4, 0.5) is 0 Å². The van der Waals surface area contributed by atoms with Crippen molar-refractivity contribution in [1.82, 2.24) is 15.2 Å². The molecule has 1 aliphatic heterocycles. The topological polar surface area (TPSA) is 82.5 Å². The fourth-order valence-corrected chi connectivity index (χ4v) is 2.63. The fraction of sp³-hybridized carbons (Fsp3) is 0.533. The minimum absolute atomic E-state index is 0.126. The molecule has 0 aliphatic carbocycles. The number of nitrogens with zero attached hydrogens (tertiary/aromatic N) is 2. The Kier molecular flexibility index (Phi) is 4.90. The van der Waals surface area contributed by atoms with Gasteiger partial charge in [0.1, 0.15) is 5.69 Å². The molecule has 1 amide bonds. The number of nitrogens with one attached hydrogen (secondary N) is 1. The molecular weight excluding hydrogens is 270 g/mol. The van der Waals surface area contributed by atoms with Crippen molar-refractivity contribution in [1.29, 1.82) is 0 Å². The molecule has 1 unspecified atom stereocenters. The summed E-state index contributed by atoms with van der Waals surface area (Å²) in [6.45, 7) is 6.62. The van der Waals surface area contributed by atoms with E-state index < -0.39 is 5.97 Å². The number of aromatic carboxylic acids is 1. The van der Waals surface area contributed by atoms with Crippen molar-refractivity contribution in [3.05, 3.63) is 29.1 Å². The molecule has 0 spiro atoms. The van der Waals surface area contributed by atoms with Crippen molar-refractivity contribution in [3.63, 3.8) is 0 Å². The maximum absolute atomic E-state index is 12.2. The second kappa shape index (κ2) is 6.67. The molecule has 1 fully saturated rings. The van der Waals surface area contributed by atoms with Gasteiger partial charge in [-0.05, 0) is 45.0 Å². The predicted molar refractivity (Wildman–Crippen MR) is 78.5 cm³/mol. The highest BCUT2D eigenvalue weighted by molar-refractivity contribution is 5.94. The van der Waals surface area contributed by atoms with Crippen LogP contribution in [0.1, 0.15) is 46.3 Å². The molecule has 1 aromatic rings. The van der Waals surface area contributed by atoms with Gasteiger partial charge in [0.15, 0.2) is 0 Å². The van der Waals surface area contributed by atoms with Crippen molar-refractivity contribution in [3.8, 4) is 0 Å². The van der Waals surface area contributed by atoms with E-state index >= 15 is 0 Å². The van der Waals surface area contributed by atoms with Gasteiger partial charge in [-0.15, -0.1) is 0 Å². The Morgan fingerprint density at radius 3 is 2.86 bits per heavy atom. The number of amides is 1. The Morgan fingerprint density at radius 2 is 2.24 bits per heavy atom. The zero-order valence-electron chi connectivity index (χ0n) is 12.4. The summed E-state index contributed by atoms with van der Waals surface area (Å²) < 4.78 is 0. The van der Waals surface area contributed by atoms with Gasteiger partial charge in [-0.25, -0.2) is 9.78 Å². The number of pyridine rings is 1. The molecule has 1 saturated heterocycles. The lowest BCUT2D eigenvalue weighted by atomic mass is 10.1. The second-order valence-corrected chi connectivity index (χ2v) is 5.34. The average molecular weight is 291 g/mol. The number of aryl methyl sites for hydroxylation is 1.